The summed E-state index contributed by atoms with van der Waals surface area (Å²) < 4.78 is 10.7. The Labute approximate surface area is 127 Å². The van der Waals surface area contributed by atoms with Crippen molar-refractivity contribution in [2.75, 3.05) is 13.2 Å². The van der Waals surface area contributed by atoms with E-state index in [4.69, 9.17) is 9.47 Å². The van der Waals surface area contributed by atoms with E-state index in [0.29, 0.717) is 13.2 Å². The van der Waals surface area contributed by atoms with Gasteiger partial charge in [-0.3, -0.25) is 9.59 Å². The molecule has 0 saturated heterocycles. The van der Waals surface area contributed by atoms with E-state index < -0.39 is 5.41 Å². The Morgan fingerprint density at radius 1 is 0.810 bits per heavy atom. The maximum absolute atomic E-state index is 12.8. The van der Waals surface area contributed by atoms with Crippen LogP contribution in [0, 0.1) is 17.3 Å². The van der Waals surface area contributed by atoms with Gasteiger partial charge in [0.05, 0.1) is 13.2 Å². The number of carbonyl (C=O) groups is 2. The molecule has 0 spiro atoms. The number of rotatable bonds is 6. The smallest absolute Gasteiger partial charge is 0.324 e. The molecule has 0 radical (unpaired) electrons. The third-order valence-electron chi connectivity index (χ3n) is 5.22. The Morgan fingerprint density at radius 3 is 1.43 bits per heavy atom. The standard InChI is InChI=1S/C17H28O4/c1-3-20-15(18)17(16(19)21-4-2,13-9-5-6-10-13)14-11-7-8-12-14/h13-14H,3-12H2,1-2H3. The fourth-order valence-corrected chi connectivity index (χ4v) is 4.35. The molecule has 2 fully saturated rings. The van der Waals surface area contributed by atoms with E-state index in [1.54, 1.807) is 13.8 Å². The van der Waals surface area contributed by atoms with Gasteiger partial charge in [0.15, 0.2) is 5.41 Å². The zero-order valence-electron chi connectivity index (χ0n) is 13.4. The maximum Gasteiger partial charge on any atom is 0.324 e. The molecular weight excluding hydrogens is 268 g/mol. The van der Waals surface area contributed by atoms with Crippen molar-refractivity contribution in [3.8, 4) is 0 Å². The summed E-state index contributed by atoms with van der Waals surface area (Å²) in [5.74, 6) is -0.470. The van der Waals surface area contributed by atoms with E-state index >= 15 is 0 Å². The highest BCUT2D eigenvalue weighted by Crippen LogP contribution is 2.52. The number of esters is 2. The largest absolute Gasteiger partial charge is 0.465 e. The predicted octanol–water partition coefficient (Wildman–Crippen LogP) is 3.48. The Bertz CT molecular complexity index is 329. The average molecular weight is 296 g/mol. The van der Waals surface area contributed by atoms with Crippen LogP contribution in [0.25, 0.3) is 0 Å². The normalized spacial score (nSPS) is 20.7. The van der Waals surface area contributed by atoms with Crippen LogP contribution in [0.2, 0.25) is 0 Å². The SMILES string of the molecule is CCOC(=O)C(C(=O)OCC)(C1CCCC1)C1CCCC1. The van der Waals surface area contributed by atoms with Gasteiger partial charge in [-0.25, -0.2) is 0 Å². The van der Waals surface area contributed by atoms with Gasteiger partial charge in [0, 0.05) is 0 Å². The highest BCUT2D eigenvalue weighted by atomic mass is 16.6. The van der Waals surface area contributed by atoms with Crippen molar-refractivity contribution in [3.05, 3.63) is 0 Å². The maximum atomic E-state index is 12.8. The Hall–Kier alpha value is -1.06. The molecule has 0 aromatic carbocycles. The molecule has 4 nitrogen and oxygen atoms in total. The molecule has 0 aromatic rings. The summed E-state index contributed by atoms with van der Waals surface area (Å²) in [6.07, 6.45) is 8.14. The van der Waals surface area contributed by atoms with Crippen LogP contribution < -0.4 is 0 Å². The quantitative estimate of drug-likeness (QED) is 0.556. The van der Waals surface area contributed by atoms with Crippen molar-refractivity contribution < 1.29 is 19.1 Å². The molecule has 0 unspecified atom stereocenters. The summed E-state index contributed by atoms with van der Waals surface area (Å²) in [4.78, 5) is 25.7. The molecule has 2 rings (SSSR count). The van der Waals surface area contributed by atoms with Crippen LogP contribution in [0.4, 0.5) is 0 Å². The first-order chi connectivity index (χ1) is 10.2. The van der Waals surface area contributed by atoms with Gasteiger partial charge >= 0.3 is 11.9 Å². The van der Waals surface area contributed by atoms with Crippen LogP contribution in [-0.2, 0) is 19.1 Å². The fraction of sp³-hybridized carbons (Fsp3) is 0.882. The highest BCUT2D eigenvalue weighted by Gasteiger charge is 2.60. The molecule has 0 aliphatic heterocycles. The van der Waals surface area contributed by atoms with E-state index in [9.17, 15) is 9.59 Å². The molecule has 120 valence electrons. The van der Waals surface area contributed by atoms with Gasteiger partial charge in [0.25, 0.3) is 0 Å². The number of hydrogen-bond donors (Lipinski definition) is 0. The third-order valence-corrected chi connectivity index (χ3v) is 5.22. The summed E-state index contributed by atoms with van der Waals surface area (Å²) in [5, 5.41) is 0. The second kappa shape index (κ2) is 7.28. The Balaban J connectivity index is 2.39. The van der Waals surface area contributed by atoms with E-state index in [1.807, 2.05) is 0 Å². The van der Waals surface area contributed by atoms with Gasteiger partial charge in [-0.15, -0.1) is 0 Å². The first kappa shape index (κ1) is 16.3. The van der Waals surface area contributed by atoms with Crippen molar-refractivity contribution >= 4 is 11.9 Å². The van der Waals surface area contributed by atoms with Crippen LogP contribution in [0.5, 0.6) is 0 Å². The zero-order chi connectivity index (χ0) is 15.3. The number of hydrogen-bond acceptors (Lipinski definition) is 4. The molecule has 2 aliphatic carbocycles. The first-order valence-corrected chi connectivity index (χ1v) is 8.52. The van der Waals surface area contributed by atoms with Crippen molar-refractivity contribution in [2.24, 2.45) is 17.3 Å². The Kier molecular flexibility index (Phi) is 5.65. The Morgan fingerprint density at radius 2 is 1.14 bits per heavy atom. The molecule has 0 amide bonds. The topological polar surface area (TPSA) is 52.6 Å². The zero-order valence-corrected chi connectivity index (χ0v) is 13.4. The predicted molar refractivity (Wildman–Crippen MR) is 79.6 cm³/mol. The van der Waals surface area contributed by atoms with Gasteiger partial charge in [0.2, 0.25) is 0 Å². The van der Waals surface area contributed by atoms with Crippen molar-refractivity contribution in [2.45, 2.75) is 65.2 Å². The lowest BCUT2D eigenvalue weighted by Gasteiger charge is -2.39. The lowest BCUT2D eigenvalue weighted by atomic mass is 9.64. The highest BCUT2D eigenvalue weighted by molar-refractivity contribution is 6.01. The van der Waals surface area contributed by atoms with E-state index in [0.717, 1.165) is 51.4 Å². The van der Waals surface area contributed by atoms with Gasteiger partial charge in [0.1, 0.15) is 0 Å². The lowest BCUT2D eigenvalue weighted by molar-refractivity contribution is -0.182. The molecule has 0 aromatic heterocycles. The van der Waals surface area contributed by atoms with E-state index in [-0.39, 0.29) is 23.8 Å². The fourth-order valence-electron chi connectivity index (χ4n) is 4.35. The van der Waals surface area contributed by atoms with Crippen LogP contribution in [0.1, 0.15) is 65.2 Å². The summed E-state index contributed by atoms with van der Waals surface area (Å²) >= 11 is 0. The van der Waals surface area contributed by atoms with Gasteiger partial charge in [-0.1, -0.05) is 25.7 Å². The number of carbonyl (C=O) groups excluding carboxylic acids is 2. The lowest BCUT2D eigenvalue weighted by Crippen LogP contribution is -2.52. The van der Waals surface area contributed by atoms with Crippen LogP contribution >= 0.6 is 0 Å². The molecule has 4 heteroatoms. The summed E-state index contributed by atoms with van der Waals surface area (Å²) in [5.41, 5.74) is -1.04. The van der Waals surface area contributed by atoms with Crippen molar-refractivity contribution in [1.29, 1.82) is 0 Å². The molecule has 2 aliphatic rings. The molecule has 0 N–H and O–H groups in total. The van der Waals surface area contributed by atoms with E-state index in [1.165, 1.54) is 0 Å². The summed E-state index contributed by atoms with van der Waals surface area (Å²) in [6, 6.07) is 0. The molecule has 0 atom stereocenters. The van der Waals surface area contributed by atoms with Gasteiger partial charge < -0.3 is 9.47 Å². The van der Waals surface area contributed by atoms with Crippen LogP contribution in [0.3, 0.4) is 0 Å². The number of ether oxygens (including phenoxy) is 2. The van der Waals surface area contributed by atoms with E-state index in [2.05, 4.69) is 0 Å². The average Bonchev–Trinajstić information content (AvgIpc) is 3.13. The second-order valence-electron chi connectivity index (χ2n) is 6.27. The minimum absolute atomic E-state index is 0.0960. The van der Waals surface area contributed by atoms with Crippen LogP contribution in [0.15, 0.2) is 0 Å². The molecule has 0 heterocycles. The van der Waals surface area contributed by atoms with Crippen molar-refractivity contribution in [3.63, 3.8) is 0 Å². The molecule has 0 bridgehead atoms. The molecule has 2 saturated carbocycles. The first-order valence-electron chi connectivity index (χ1n) is 8.52. The molecule has 21 heavy (non-hydrogen) atoms. The van der Waals surface area contributed by atoms with Crippen LogP contribution in [-0.4, -0.2) is 25.2 Å². The minimum atomic E-state index is -1.04. The summed E-state index contributed by atoms with van der Waals surface area (Å²) in [6.45, 7) is 4.24. The van der Waals surface area contributed by atoms with Crippen molar-refractivity contribution in [1.82, 2.24) is 0 Å². The van der Waals surface area contributed by atoms with Gasteiger partial charge in [-0.05, 0) is 51.4 Å². The molecular formula is C17H28O4. The minimum Gasteiger partial charge on any atom is -0.465 e. The summed E-state index contributed by atoms with van der Waals surface area (Å²) in [7, 11) is 0. The van der Waals surface area contributed by atoms with Gasteiger partial charge in [-0.2, -0.15) is 0 Å². The second-order valence-corrected chi connectivity index (χ2v) is 6.27. The monoisotopic (exact) mass is 296 g/mol. The third kappa shape index (κ3) is 2.95.